The number of fused-ring (bicyclic) bond motifs is 2. The second kappa shape index (κ2) is 5.11. The van der Waals surface area contributed by atoms with Crippen molar-refractivity contribution >= 4 is 5.78 Å². The maximum absolute atomic E-state index is 12.3. The van der Waals surface area contributed by atoms with Gasteiger partial charge in [0.25, 0.3) is 0 Å². The summed E-state index contributed by atoms with van der Waals surface area (Å²) in [5, 5.41) is 0. The van der Waals surface area contributed by atoms with Gasteiger partial charge in [0.15, 0.2) is 0 Å². The largest absolute Gasteiger partial charge is 0.299 e. The lowest BCUT2D eigenvalue weighted by atomic mass is 9.84. The quantitative estimate of drug-likeness (QED) is 0.787. The van der Waals surface area contributed by atoms with E-state index >= 15 is 0 Å². The van der Waals surface area contributed by atoms with Crippen LogP contribution in [0.3, 0.4) is 0 Å². The standard InChI is InChI=1S/C18H24O/c1-12-5-13(2)7-15(6-12)10-18(19)11-17-9-14-3-4-16(17)8-14/h5-7,14,16-17H,3-4,8-11H2,1-2H3. The van der Waals surface area contributed by atoms with E-state index in [2.05, 4.69) is 32.0 Å². The Hall–Kier alpha value is -1.11. The van der Waals surface area contributed by atoms with Gasteiger partial charge < -0.3 is 0 Å². The average Bonchev–Trinajstić information content (AvgIpc) is 2.88. The van der Waals surface area contributed by atoms with Crippen LogP contribution in [0.15, 0.2) is 18.2 Å². The molecule has 0 aromatic heterocycles. The zero-order valence-electron chi connectivity index (χ0n) is 12.1. The number of benzene rings is 1. The number of hydrogen-bond acceptors (Lipinski definition) is 1. The predicted octanol–water partition coefficient (Wildman–Crippen LogP) is 4.24. The Morgan fingerprint density at radius 1 is 1.11 bits per heavy atom. The molecular weight excluding hydrogens is 232 g/mol. The summed E-state index contributed by atoms with van der Waals surface area (Å²) in [4.78, 5) is 12.3. The van der Waals surface area contributed by atoms with Crippen LogP contribution in [0.1, 0.15) is 48.8 Å². The second-order valence-electron chi connectivity index (χ2n) is 6.85. The van der Waals surface area contributed by atoms with E-state index in [0.29, 0.717) is 18.1 Å². The third-order valence-corrected chi connectivity index (χ3v) is 5.06. The van der Waals surface area contributed by atoms with Gasteiger partial charge in [-0.15, -0.1) is 0 Å². The van der Waals surface area contributed by atoms with E-state index in [1.165, 1.54) is 42.4 Å². The summed E-state index contributed by atoms with van der Waals surface area (Å²) in [6.07, 6.45) is 6.99. The van der Waals surface area contributed by atoms with Gasteiger partial charge in [-0.05, 0) is 56.4 Å². The molecule has 2 aliphatic rings. The van der Waals surface area contributed by atoms with Gasteiger partial charge in [-0.25, -0.2) is 0 Å². The zero-order valence-corrected chi connectivity index (χ0v) is 12.1. The van der Waals surface area contributed by atoms with Crippen molar-refractivity contribution in [1.29, 1.82) is 0 Å². The van der Waals surface area contributed by atoms with Crippen LogP contribution in [-0.4, -0.2) is 5.78 Å². The molecule has 2 aliphatic carbocycles. The van der Waals surface area contributed by atoms with Gasteiger partial charge in [0, 0.05) is 12.8 Å². The van der Waals surface area contributed by atoms with E-state index in [-0.39, 0.29) is 0 Å². The summed E-state index contributed by atoms with van der Waals surface area (Å²) in [5.74, 6) is 2.97. The lowest BCUT2D eigenvalue weighted by Crippen LogP contribution is -2.16. The molecule has 2 fully saturated rings. The molecule has 0 radical (unpaired) electrons. The molecule has 19 heavy (non-hydrogen) atoms. The number of ketones is 1. The highest BCUT2D eigenvalue weighted by molar-refractivity contribution is 5.81. The van der Waals surface area contributed by atoms with E-state index < -0.39 is 0 Å². The van der Waals surface area contributed by atoms with E-state index in [1.54, 1.807) is 0 Å². The number of carbonyl (C=O) groups excluding carboxylic acids is 1. The van der Waals surface area contributed by atoms with Crippen LogP contribution in [0.5, 0.6) is 0 Å². The summed E-state index contributed by atoms with van der Waals surface area (Å²) in [7, 11) is 0. The zero-order chi connectivity index (χ0) is 13.4. The molecular formula is C18H24O. The molecule has 3 unspecified atom stereocenters. The van der Waals surface area contributed by atoms with E-state index in [1.807, 2.05) is 0 Å². The van der Waals surface area contributed by atoms with E-state index in [9.17, 15) is 4.79 Å². The molecule has 3 rings (SSSR count). The molecule has 3 atom stereocenters. The van der Waals surface area contributed by atoms with Crippen LogP contribution in [-0.2, 0) is 11.2 Å². The fourth-order valence-electron chi connectivity index (χ4n) is 4.39. The fourth-order valence-corrected chi connectivity index (χ4v) is 4.39. The highest BCUT2D eigenvalue weighted by atomic mass is 16.1. The Morgan fingerprint density at radius 3 is 2.42 bits per heavy atom. The van der Waals surface area contributed by atoms with Gasteiger partial charge in [-0.2, -0.15) is 0 Å². The Kier molecular flexibility index (Phi) is 3.47. The van der Waals surface area contributed by atoms with Gasteiger partial charge in [0.2, 0.25) is 0 Å². The molecule has 2 bridgehead atoms. The topological polar surface area (TPSA) is 17.1 Å². The third kappa shape index (κ3) is 2.91. The van der Waals surface area contributed by atoms with Crippen molar-refractivity contribution in [3.63, 3.8) is 0 Å². The molecule has 0 N–H and O–H groups in total. The van der Waals surface area contributed by atoms with Crippen LogP contribution in [0.4, 0.5) is 0 Å². The Balaban J connectivity index is 1.59. The first-order chi connectivity index (χ1) is 9.10. The first-order valence-electron chi connectivity index (χ1n) is 7.69. The smallest absolute Gasteiger partial charge is 0.137 e. The number of aryl methyl sites for hydroxylation is 2. The molecule has 0 heterocycles. The number of hydrogen-bond donors (Lipinski definition) is 0. The Morgan fingerprint density at radius 2 is 1.84 bits per heavy atom. The lowest BCUT2D eigenvalue weighted by molar-refractivity contribution is -0.119. The maximum atomic E-state index is 12.3. The SMILES string of the molecule is Cc1cc(C)cc(CC(=O)CC2CC3CCC2C3)c1. The molecule has 0 spiro atoms. The minimum Gasteiger partial charge on any atom is -0.299 e. The van der Waals surface area contributed by atoms with Crippen LogP contribution in [0.25, 0.3) is 0 Å². The van der Waals surface area contributed by atoms with E-state index in [4.69, 9.17) is 0 Å². The number of Topliss-reactive ketones (excluding diaryl/α,β-unsaturated/α-hetero) is 1. The van der Waals surface area contributed by atoms with E-state index in [0.717, 1.165) is 18.3 Å². The lowest BCUT2D eigenvalue weighted by Gasteiger charge is -2.20. The summed E-state index contributed by atoms with van der Waals surface area (Å²) >= 11 is 0. The molecule has 1 nitrogen and oxygen atoms in total. The molecule has 0 saturated heterocycles. The van der Waals surface area contributed by atoms with Crippen LogP contribution < -0.4 is 0 Å². The van der Waals surface area contributed by atoms with Gasteiger partial charge in [0.1, 0.15) is 5.78 Å². The van der Waals surface area contributed by atoms with Gasteiger partial charge in [-0.1, -0.05) is 35.7 Å². The highest BCUT2D eigenvalue weighted by Crippen LogP contribution is 2.49. The van der Waals surface area contributed by atoms with Crippen molar-refractivity contribution < 1.29 is 4.79 Å². The maximum Gasteiger partial charge on any atom is 0.137 e. The molecule has 1 aromatic carbocycles. The van der Waals surface area contributed by atoms with Crippen LogP contribution in [0, 0.1) is 31.6 Å². The van der Waals surface area contributed by atoms with Gasteiger partial charge in [0.05, 0.1) is 0 Å². The highest BCUT2D eigenvalue weighted by Gasteiger charge is 2.39. The fraction of sp³-hybridized carbons (Fsp3) is 0.611. The Bertz CT molecular complexity index is 468. The first kappa shape index (κ1) is 12.9. The monoisotopic (exact) mass is 256 g/mol. The summed E-state index contributed by atoms with van der Waals surface area (Å²) < 4.78 is 0. The van der Waals surface area contributed by atoms with Crippen molar-refractivity contribution in [1.82, 2.24) is 0 Å². The third-order valence-electron chi connectivity index (χ3n) is 5.06. The first-order valence-corrected chi connectivity index (χ1v) is 7.69. The van der Waals surface area contributed by atoms with Crippen LogP contribution in [0.2, 0.25) is 0 Å². The molecule has 2 saturated carbocycles. The van der Waals surface area contributed by atoms with Gasteiger partial charge >= 0.3 is 0 Å². The van der Waals surface area contributed by atoms with Gasteiger partial charge in [-0.3, -0.25) is 4.79 Å². The van der Waals surface area contributed by atoms with Crippen molar-refractivity contribution in [3.8, 4) is 0 Å². The molecule has 1 heteroatoms. The number of carbonyl (C=O) groups is 1. The summed E-state index contributed by atoms with van der Waals surface area (Å²) in [6.45, 7) is 4.22. The molecule has 1 aromatic rings. The summed E-state index contributed by atoms with van der Waals surface area (Å²) in [6, 6.07) is 6.49. The van der Waals surface area contributed by atoms with Crippen molar-refractivity contribution in [2.75, 3.05) is 0 Å². The predicted molar refractivity (Wildman–Crippen MR) is 78.2 cm³/mol. The Labute approximate surface area is 116 Å². The minimum atomic E-state index is 0.447. The minimum absolute atomic E-state index is 0.447. The van der Waals surface area contributed by atoms with Crippen molar-refractivity contribution in [2.24, 2.45) is 17.8 Å². The van der Waals surface area contributed by atoms with Crippen molar-refractivity contribution in [3.05, 3.63) is 34.9 Å². The van der Waals surface area contributed by atoms with Crippen molar-refractivity contribution in [2.45, 2.75) is 52.4 Å². The normalized spacial score (nSPS) is 28.8. The average molecular weight is 256 g/mol. The molecule has 0 aliphatic heterocycles. The number of rotatable bonds is 4. The molecule has 0 amide bonds. The summed E-state index contributed by atoms with van der Waals surface area (Å²) in [5.41, 5.74) is 3.73. The molecule has 102 valence electrons. The van der Waals surface area contributed by atoms with Crippen LogP contribution >= 0.6 is 0 Å². The second-order valence-corrected chi connectivity index (χ2v) is 6.85.